The molecule has 6 nitrogen and oxygen atoms in total. The van der Waals surface area contributed by atoms with Crippen LogP contribution in [0.4, 0.5) is 8.78 Å². The van der Waals surface area contributed by atoms with Gasteiger partial charge in [0, 0.05) is 13.1 Å². The minimum atomic E-state index is -4.11. The van der Waals surface area contributed by atoms with E-state index in [-0.39, 0.29) is 32.7 Å². The summed E-state index contributed by atoms with van der Waals surface area (Å²) in [7, 11) is -4.11. The van der Waals surface area contributed by atoms with Gasteiger partial charge in [0.15, 0.2) is 16.4 Å². The Labute approximate surface area is 161 Å². The van der Waals surface area contributed by atoms with Crippen LogP contribution >= 0.6 is 0 Å². The van der Waals surface area contributed by atoms with Gasteiger partial charge in [0.05, 0.1) is 11.9 Å². The van der Waals surface area contributed by atoms with Gasteiger partial charge >= 0.3 is 0 Å². The highest BCUT2D eigenvalue weighted by atomic mass is 32.2. The number of nitrogens with zero attached hydrogens (tertiary/aromatic N) is 1. The number of halogens is 2. The summed E-state index contributed by atoms with van der Waals surface area (Å²) in [6, 6.07) is 8.83. The Kier molecular flexibility index (Phi) is 5.95. The summed E-state index contributed by atoms with van der Waals surface area (Å²) in [5.74, 6) is -1.81. The average Bonchev–Trinajstić information content (AvgIpc) is 3.19. The van der Waals surface area contributed by atoms with Crippen LogP contribution in [0.2, 0.25) is 0 Å². The molecule has 0 saturated carbocycles. The molecule has 1 amide bonds. The third-order valence-electron chi connectivity index (χ3n) is 4.60. The first-order chi connectivity index (χ1) is 13.3. The maximum absolute atomic E-state index is 13.9. The molecule has 0 spiro atoms. The Morgan fingerprint density at radius 1 is 1.18 bits per heavy atom. The van der Waals surface area contributed by atoms with Gasteiger partial charge in [0.2, 0.25) is 0 Å². The summed E-state index contributed by atoms with van der Waals surface area (Å²) in [4.78, 5) is 13.0. The molecule has 1 saturated heterocycles. The molecule has 0 aromatic heterocycles. The number of aliphatic hydroxyl groups is 1. The number of hydrogen-bond donors (Lipinski definition) is 1. The van der Waals surface area contributed by atoms with Crippen LogP contribution in [0.1, 0.15) is 12.0 Å². The number of likely N-dealkylation sites (tertiary alicyclic amines) is 1. The molecule has 2 aromatic carbocycles. The lowest BCUT2D eigenvalue weighted by atomic mass is 10.2. The second-order valence-electron chi connectivity index (χ2n) is 6.46. The van der Waals surface area contributed by atoms with Crippen molar-refractivity contribution in [1.82, 2.24) is 4.90 Å². The summed E-state index contributed by atoms with van der Waals surface area (Å²) in [6.45, 7) is -0.301. The number of carbonyl (C=O) groups is 1. The first-order valence-electron chi connectivity index (χ1n) is 8.60. The van der Waals surface area contributed by atoms with Gasteiger partial charge in [-0.15, -0.1) is 0 Å². The van der Waals surface area contributed by atoms with Gasteiger partial charge in [0.25, 0.3) is 5.91 Å². The van der Waals surface area contributed by atoms with Crippen LogP contribution in [-0.2, 0) is 21.2 Å². The van der Waals surface area contributed by atoms with Crippen LogP contribution < -0.4 is 4.74 Å². The van der Waals surface area contributed by atoms with E-state index in [1.165, 1.54) is 4.90 Å². The smallest absolute Gasteiger partial charge is 0.260 e. The summed E-state index contributed by atoms with van der Waals surface area (Å²) in [5, 5.41) is 8.00. The molecule has 28 heavy (non-hydrogen) atoms. The minimum absolute atomic E-state index is 0.102. The highest BCUT2D eigenvalue weighted by Gasteiger charge is 2.37. The molecule has 1 heterocycles. The van der Waals surface area contributed by atoms with Crippen molar-refractivity contribution < 1.29 is 31.8 Å². The van der Waals surface area contributed by atoms with Crippen LogP contribution in [0.3, 0.4) is 0 Å². The number of sulfone groups is 1. The van der Waals surface area contributed by atoms with Gasteiger partial charge in [-0.2, -0.15) is 0 Å². The van der Waals surface area contributed by atoms with Crippen molar-refractivity contribution in [3.63, 3.8) is 0 Å². The molecular weight excluding hydrogens is 392 g/mol. The van der Waals surface area contributed by atoms with E-state index >= 15 is 0 Å². The number of benzene rings is 2. The molecule has 1 aliphatic rings. The summed E-state index contributed by atoms with van der Waals surface area (Å²) in [6.07, 6.45) is 0.134. The lowest BCUT2D eigenvalue weighted by molar-refractivity contribution is -0.132. The first-order valence-corrected chi connectivity index (χ1v) is 10.1. The van der Waals surface area contributed by atoms with Gasteiger partial charge in [0.1, 0.15) is 22.3 Å². The third-order valence-corrected chi connectivity index (χ3v) is 6.79. The fourth-order valence-electron chi connectivity index (χ4n) is 3.01. The highest BCUT2D eigenvalue weighted by Crippen LogP contribution is 2.26. The fraction of sp³-hybridized carbons (Fsp3) is 0.316. The number of hydrogen-bond acceptors (Lipinski definition) is 5. The lowest BCUT2D eigenvalue weighted by Gasteiger charge is -2.17. The van der Waals surface area contributed by atoms with Crippen molar-refractivity contribution in [1.29, 1.82) is 0 Å². The molecule has 0 radical (unpaired) electrons. The number of rotatable bonds is 6. The molecule has 1 fully saturated rings. The predicted molar refractivity (Wildman–Crippen MR) is 96.4 cm³/mol. The molecule has 9 heteroatoms. The largest absolute Gasteiger partial charge is 0.484 e. The molecular formula is C19H19F2NO5S. The highest BCUT2D eigenvalue weighted by molar-refractivity contribution is 7.92. The van der Waals surface area contributed by atoms with Crippen molar-refractivity contribution in [2.24, 2.45) is 0 Å². The Morgan fingerprint density at radius 2 is 1.89 bits per heavy atom. The van der Waals surface area contributed by atoms with Crippen LogP contribution in [-0.4, -0.2) is 49.3 Å². The van der Waals surface area contributed by atoms with E-state index in [0.29, 0.717) is 17.4 Å². The Hall–Kier alpha value is -2.52. The molecule has 150 valence electrons. The van der Waals surface area contributed by atoms with Crippen molar-refractivity contribution in [2.75, 3.05) is 19.7 Å². The molecule has 1 aliphatic heterocycles. The zero-order valence-electron chi connectivity index (χ0n) is 14.8. The van der Waals surface area contributed by atoms with E-state index in [1.807, 2.05) is 0 Å². The van der Waals surface area contributed by atoms with Crippen LogP contribution in [0.5, 0.6) is 5.75 Å². The third kappa shape index (κ3) is 4.31. The SMILES string of the molecule is O=C(COc1ccc(CO)cc1)N1CCC(S(=O)(=O)c2cc(F)ccc2F)C1. The topological polar surface area (TPSA) is 83.9 Å². The number of aliphatic hydroxyl groups excluding tert-OH is 1. The standard InChI is InChI=1S/C19H19F2NO5S/c20-14-3-6-17(21)18(9-14)28(25,26)16-7-8-22(10-16)19(24)12-27-15-4-1-13(11-23)2-5-15/h1-6,9,16,23H,7-8,10-12H2. The van der Waals surface area contributed by atoms with Crippen molar-refractivity contribution in [3.8, 4) is 5.75 Å². The normalized spacial score (nSPS) is 17.0. The zero-order valence-corrected chi connectivity index (χ0v) is 15.7. The second-order valence-corrected chi connectivity index (χ2v) is 8.66. The van der Waals surface area contributed by atoms with E-state index in [0.717, 1.165) is 12.1 Å². The Bertz CT molecular complexity index is 963. The molecule has 1 unspecified atom stereocenters. The molecule has 1 N–H and O–H groups in total. The Morgan fingerprint density at radius 3 is 2.57 bits per heavy atom. The average molecular weight is 411 g/mol. The number of ether oxygens (including phenoxy) is 1. The Balaban J connectivity index is 1.62. The maximum Gasteiger partial charge on any atom is 0.260 e. The van der Waals surface area contributed by atoms with Gasteiger partial charge in [-0.3, -0.25) is 4.79 Å². The van der Waals surface area contributed by atoms with E-state index in [4.69, 9.17) is 9.84 Å². The zero-order chi connectivity index (χ0) is 20.3. The van der Waals surface area contributed by atoms with Crippen molar-refractivity contribution in [3.05, 3.63) is 59.7 Å². The van der Waals surface area contributed by atoms with E-state index in [2.05, 4.69) is 0 Å². The van der Waals surface area contributed by atoms with E-state index < -0.39 is 37.5 Å². The van der Waals surface area contributed by atoms with Crippen LogP contribution in [0.25, 0.3) is 0 Å². The van der Waals surface area contributed by atoms with Crippen LogP contribution in [0.15, 0.2) is 47.4 Å². The van der Waals surface area contributed by atoms with E-state index in [1.54, 1.807) is 24.3 Å². The fourth-order valence-corrected chi connectivity index (χ4v) is 4.78. The molecule has 1 atom stereocenters. The minimum Gasteiger partial charge on any atom is -0.484 e. The van der Waals surface area contributed by atoms with Crippen molar-refractivity contribution >= 4 is 15.7 Å². The van der Waals surface area contributed by atoms with Gasteiger partial charge < -0.3 is 14.7 Å². The molecule has 0 bridgehead atoms. The summed E-state index contributed by atoms with van der Waals surface area (Å²) < 4.78 is 57.9. The number of amides is 1. The van der Waals surface area contributed by atoms with Crippen LogP contribution in [0, 0.1) is 11.6 Å². The predicted octanol–water partition coefficient (Wildman–Crippen LogP) is 1.91. The lowest BCUT2D eigenvalue weighted by Crippen LogP contribution is -2.35. The van der Waals surface area contributed by atoms with Gasteiger partial charge in [-0.05, 0) is 42.3 Å². The van der Waals surface area contributed by atoms with Gasteiger partial charge in [-0.1, -0.05) is 12.1 Å². The van der Waals surface area contributed by atoms with Crippen molar-refractivity contribution in [2.45, 2.75) is 23.2 Å². The summed E-state index contributed by atoms with van der Waals surface area (Å²) >= 11 is 0. The first kappa shape index (κ1) is 20.2. The second kappa shape index (κ2) is 8.24. The molecule has 0 aliphatic carbocycles. The molecule has 3 rings (SSSR count). The quantitative estimate of drug-likeness (QED) is 0.785. The van der Waals surface area contributed by atoms with Gasteiger partial charge in [-0.25, -0.2) is 17.2 Å². The molecule has 2 aromatic rings. The number of carbonyl (C=O) groups excluding carboxylic acids is 1. The monoisotopic (exact) mass is 411 g/mol. The van der Waals surface area contributed by atoms with E-state index in [9.17, 15) is 22.0 Å². The summed E-state index contributed by atoms with van der Waals surface area (Å²) in [5.41, 5.74) is 0.704. The maximum atomic E-state index is 13.9.